The van der Waals surface area contributed by atoms with Crippen molar-refractivity contribution in [2.75, 3.05) is 13.2 Å². The lowest BCUT2D eigenvalue weighted by atomic mass is 10.3. The Balaban J connectivity index is 2.39. The molecule has 1 aromatic rings. The molecule has 1 aromatic heterocycles. The highest BCUT2D eigenvalue weighted by Gasteiger charge is 2.02. The number of nitrogens with zero attached hydrogens (tertiary/aromatic N) is 2. The molecule has 0 saturated heterocycles. The summed E-state index contributed by atoms with van der Waals surface area (Å²) >= 11 is 0. The quantitative estimate of drug-likeness (QED) is 0.693. The van der Waals surface area contributed by atoms with Gasteiger partial charge in [-0.25, -0.2) is 4.98 Å². The van der Waals surface area contributed by atoms with Gasteiger partial charge in [-0.15, -0.1) is 0 Å². The number of hydrogen-bond acceptors (Lipinski definition) is 3. The molecule has 0 aliphatic heterocycles. The fraction of sp³-hybridized carbons (Fsp3) is 0.727. The third-order valence-electron chi connectivity index (χ3n) is 2.17. The average Bonchev–Trinajstić information content (AvgIpc) is 2.63. The molecule has 0 spiro atoms. The second-order valence-electron chi connectivity index (χ2n) is 3.81. The fourth-order valence-corrected chi connectivity index (χ4v) is 1.31. The molecule has 0 fully saturated rings. The molecule has 0 saturated carbocycles. The topological polar surface area (TPSA) is 39.1 Å². The van der Waals surface area contributed by atoms with Crippen LogP contribution in [0.5, 0.6) is 0 Å². The Labute approximate surface area is 91.7 Å². The number of hydrogen-bond donors (Lipinski definition) is 1. The molecule has 0 aliphatic rings. The highest BCUT2D eigenvalue weighted by Crippen LogP contribution is 1.99. The molecule has 0 atom stereocenters. The summed E-state index contributed by atoms with van der Waals surface area (Å²) in [5.74, 6) is 0. The maximum absolute atomic E-state index is 5.32. The van der Waals surface area contributed by atoms with Gasteiger partial charge in [0.15, 0.2) is 0 Å². The van der Waals surface area contributed by atoms with Crippen LogP contribution < -0.4 is 5.32 Å². The summed E-state index contributed by atoms with van der Waals surface area (Å²) in [5.41, 5.74) is 1.21. The third-order valence-corrected chi connectivity index (χ3v) is 2.17. The van der Waals surface area contributed by atoms with Gasteiger partial charge in [0.25, 0.3) is 0 Å². The molecule has 15 heavy (non-hydrogen) atoms. The van der Waals surface area contributed by atoms with Gasteiger partial charge >= 0.3 is 0 Å². The lowest BCUT2D eigenvalue weighted by molar-refractivity contribution is 0.138. The first-order valence-corrected chi connectivity index (χ1v) is 5.54. The maximum atomic E-state index is 5.32. The van der Waals surface area contributed by atoms with E-state index in [0.717, 1.165) is 26.3 Å². The molecule has 1 rings (SSSR count). The van der Waals surface area contributed by atoms with Crippen molar-refractivity contribution in [3.05, 3.63) is 18.2 Å². The van der Waals surface area contributed by atoms with Gasteiger partial charge in [0, 0.05) is 31.9 Å². The van der Waals surface area contributed by atoms with Crippen molar-refractivity contribution in [2.24, 2.45) is 0 Å². The van der Waals surface area contributed by atoms with Crippen molar-refractivity contribution in [3.63, 3.8) is 0 Å². The second-order valence-corrected chi connectivity index (χ2v) is 3.81. The van der Waals surface area contributed by atoms with Crippen LogP contribution in [-0.4, -0.2) is 28.8 Å². The van der Waals surface area contributed by atoms with Crippen LogP contribution in [0.2, 0.25) is 0 Å². The molecule has 0 amide bonds. The molecule has 0 unspecified atom stereocenters. The van der Waals surface area contributed by atoms with Gasteiger partial charge in [-0.1, -0.05) is 13.8 Å². The van der Waals surface area contributed by atoms with Crippen molar-refractivity contribution in [2.45, 2.75) is 39.9 Å². The summed E-state index contributed by atoms with van der Waals surface area (Å²) in [6.07, 6.45) is 3.76. The van der Waals surface area contributed by atoms with Crippen LogP contribution in [0, 0.1) is 0 Å². The normalized spacial score (nSPS) is 11.2. The zero-order valence-corrected chi connectivity index (χ0v) is 9.86. The zero-order valence-electron chi connectivity index (χ0n) is 9.86. The highest BCUT2D eigenvalue weighted by atomic mass is 16.5. The predicted molar refractivity (Wildman–Crippen MR) is 60.7 cm³/mol. The van der Waals surface area contributed by atoms with Crippen LogP contribution in [0.15, 0.2) is 12.5 Å². The fourth-order valence-electron chi connectivity index (χ4n) is 1.31. The van der Waals surface area contributed by atoms with E-state index in [1.165, 1.54) is 5.69 Å². The predicted octanol–water partition coefficient (Wildman–Crippen LogP) is 1.42. The van der Waals surface area contributed by atoms with Crippen molar-refractivity contribution < 1.29 is 4.74 Å². The van der Waals surface area contributed by atoms with E-state index < -0.39 is 0 Å². The molecule has 1 N–H and O–H groups in total. The van der Waals surface area contributed by atoms with E-state index in [1.807, 2.05) is 19.4 Å². The minimum Gasteiger partial charge on any atom is -0.380 e. The second kappa shape index (κ2) is 6.58. The Morgan fingerprint density at radius 1 is 1.53 bits per heavy atom. The monoisotopic (exact) mass is 211 g/mol. The lowest BCUT2D eigenvalue weighted by Gasteiger charge is -2.10. The van der Waals surface area contributed by atoms with E-state index in [0.29, 0.717) is 6.04 Å². The molecule has 0 aromatic carbocycles. The molecule has 4 nitrogen and oxygen atoms in total. The van der Waals surface area contributed by atoms with Gasteiger partial charge in [0.1, 0.15) is 0 Å². The minimum atomic E-state index is 0.500. The van der Waals surface area contributed by atoms with Gasteiger partial charge < -0.3 is 14.6 Å². The van der Waals surface area contributed by atoms with Crippen molar-refractivity contribution in [1.82, 2.24) is 14.9 Å². The molecular formula is C11H21N3O. The number of aromatic nitrogens is 2. The first-order valence-electron chi connectivity index (χ1n) is 5.54. The Kier molecular flexibility index (Phi) is 5.36. The number of imidazole rings is 1. The first kappa shape index (κ1) is 12.2. The smallest absolute Gasteiger partial charge is 0.0949 e. The summed E-state index contributed by atoms with van der Waals surface area (Å²) in [6, 6.07) is 0.500. The van der Waals surface area contributed by atoms with E-state index in [4.69, 9.17) is 4.74 Å². The molecule has 86 valence electrons. The van der Waals surface area contributed by atoms with E-state index in [-0.39, 0.29) is 0 Å². The molecule has 0 bridgehead atoms. The van der Waals surface area contributed by atoms with Crippen LogP contribution in [0.3, 0.4) is 0 Å². The van der Waals surface area contributed by atoms with E-state index in [2.05, 4.69) is 28.7 Å². The van der Waals surface area contributed by atoms with Crippen LogP contribution in [-0.2, 0) is 17.8 Å². The Bertz CT molecular complexity index is 271. The van der Waals surface area contributed by atoms with Crippen molar-refractivity contribution >= 4 is 0 Å². The standard InChI is InChI=1S/C11H21N3O/c1-4-15-6-5-14-9-12-7-11(14)8-13-10(2)3/h7,9-10,13H,4-6,8H2,1-3H3. The largest absolute Gasteiger partial charge is 0.380 e. The lowest BCUT2D eigenvalue weighted by Crippen LogP contribution is -2.23. The van der Waals surface area contributed by atoms with E-state index >= 15 is 0 Å². The third kappa shape index (κ3) is 4.44. The Morgan fingerprint density at radius 3 is 3.00 bits per heavy atom. The van der Waals surface area contributed by atoms with Gasteiger partial charge in [-0.05, 0) is 6.92 Å². The summed E-state index contributed by atoms with van der Waals surface area (Å²) < 4.78 is 7.45. The van der Waals surface area contributed by atoms with Crippen molar-refractivity contribution in [1.29, 1.82) is 0 Å². The van der Waals surface area contributed by atoms with Crippen LogP contribution in [0.4, 0.5) is 0 Å². The number of rotatable bonds is 7. The molecule has 1 heterocycles. The minimum absolute atomic E-state index is 0.500. The summed E-state index contributed by atoms with van der Waals surface area (Å²) in [4.78, 5) is 4.15. The van der Waals surface area contributed by atoms with Gasteiger partial charge in [-0.2, -0.15) is 0 Å². The van der Waals surface area contributed by atoms with E-state index in [9.17, 15) is 0 Å². The highest BCUT2D eigenvalue weighted by molar-refractivity contribution is 4.98. The first-order chi connectivity index (χ1) is 7.24. The van der Waals surface area contributed by atoms with Crippen LogP contribution >= 0.6 is 0 Å². The van der Waals surface area contributed by atoms with Crippen molar-refractivity contribution in [3.8, 4) is 0 Å². The zero-order chi connectivity index (χ0) is 11.1. The van der Waals surface area contributed by atoms with Crippen LogP contribution in [0.25, 0.3) is 0 Å². The Morgan fingerprint density at radius 2 is 2.33 bits per heavy atom. The number of ether oxygens (including phenoxy) is 1. The SMILES string of the molecule is CCOCCn1cncc1CNC(C)C. The van der Waals surface area contributed by atoms with Gasteiger partial charge in [0.05, 0.1) is 18.6 Å². The summed E-state index contributed by atoms with van der Waals surface area (Å²) in [6.45, 7) is 9.56. The van der Waals surface area contributed by atoms with Gasteiger partial charge in [-0.3, -0.25) is 0 Å². The molecule has 4 heteroatoms. The maximum Gasteiger partial charge on any atom is 0.0949 e. The van der Waals surface area contributed by atoms with Crippen LogP contribution in [0.1, 0.15) is 26.5 Å². The number of nitrogens with one attached hydrogen (secondary N) is 1. The average molecular weight is 211 g/mol. The van der Waals surface area contributed by atoms with Gasteiger partial charge in [0.2, 0.25) is 0 Å². The molecule has 0 radical (unpaired) electrons. The molecular weight excluding hydrogens is 190 g/mol. The Hall–Kier alpha value is -0.870. The van der Waals surface area contributed by atoms with E-state index in [1.54, 1.807) is 0 Å². The molecule has 0 aliphatic carbocycles. The summed E-state index contributed by atoms with van der Waals surface area (Å²) in [5, 5.41) is 3.38. The summed E-state index contributed by atoms with van der Waals surface area (Å²) in [7, 11) is 0.